The van der Waals surface area contributed by atoms with Gasteiger partial charge in [0.15, 0.2) is 0 Å². The molecule has 0 unspecified atom stereocenters. The zero-order valence-corrected chi connectivity index (χ0v) is 15.4. The first kappa shape index (κ1) is 17.9. The van der Waals surface area contributed by atoms with Crippen molar-refractivity contribution in [2.75, 3.05) is 11.9 Å². The quantitative estimate of drug-likeness (QED) is 0.371. The lowest BCUT2D eigenvalue weighted by Crippen LogP contribution is -2.14. The third-order valence-corrected chi connectivity index (χ3v) is 4.84. The predicted molar refractivity (Wildman–Crippen MR) is 112 cm³/mol. The van der Waals surface area contributed by atoms with Crippen LogP contribution in [-0.2, 0) is 0 Å². The number of anilines is 2. The van der Waals surface area contributed by atoms with Crippen LogP contribution in [0.15, 0.2) is 97.1 Å². The van der Waals surface area contributed by atoms with E-state index >= 15 is 0 Å². The fourth-order valence-electron chi connectivity index (χ4n) is 3.41. The van der Waals surface area contributed by atoms with Gasteiger partial charge < -0.3 is 4.90 Å². The van der Waals surface area contributed by atoms with Gasteiger partial charge in [0.1, 0.15) is 11.6 Å². The van der Waals surface area contributed by atoms with Crippen molar-refractivity contribution in [2.45, 2.75) is 0 Å². The van der Waals surface area contributed by atoms with Crippen LogP contribution >= 0.6 is 0 Å². The SMILES string of the molecule is CN(c1ccccc1F)c1c(F)cccc1-c1ccc(-c2ccccc2)cc1. The molecule has 0 N–H and O–H groups in total. The van der Waals surface area contributed by atoms with Gasteiger partial charge in [-0.15, -0.1) is 0 Å². The van der Waals surface area contributed by atoms with Crippen molar-refractivity contribution in [3.05, 3.63) is 109 Å². The number of halogens is 2. The largest absolute Gasteiger partial charge is 0.339 e. The molecule has 0 aromatic heterocycles. The smallest absolute Gasteiger partial charge is 0.147 e. The number of hydrogen-bond donors (Lipinski definition) is 0. The van der Waals surface area contributed by atoms with Crippen LogP contribution in [0.1, 0.15) is 0 Å². The van der Waals surface area contributed by atoms with Gasteiger partial charge in [-0.25, -0.2) is 8.78 Å². The maximum Gasteiger partial charge on any atom is 0.147 e. The van der Waals surface area contributed by atoms with Crippen LogP contribution in [0.4, 0.5) is 20.2 Å². The molecule has 0 aliphatic heterocycles. The van der Waals surface area contributed by atoms with Gasteiger partial charge in [-0.3, -0.25) is 0 Å². The van der Waals surface area contributed by atoms with E-state index in [0.717, 1.165) is 16.7 Å². The minimum absolute atomic E-state index is 0.328. The van der Waals surface area contributed by atoms with E-state index in [1.807, 2.05) is 48.5 Å². The van der Waals surface area contributed by atoms with E-state index in [-0.39, 0.29) is 0 Å². The van der Waals surface area contributed by atoms with Crippen molar-refractivity contribution < 1.29 is 8.78 Å². The molecule has 3 heteroatoms. The van der Waals surface area contributed by atoms with Crippen molar-refractivity contribution >= 4 is 11.4 Å². The van der Waals surface area contributed by atoms with Gasteiger partial charge in [0.05, 0.1) is 11.4 Å². The van der Waals surface area contributed by atoms with Gasteiger partial charge in [0.25, 0.3) is 0 Å². The first-order chi connectivity index (χ1) is 13.6. The normalized spacial score (nSPS) is 10.7. The Hall–Kier alpha value is -3.46. The van der Waals surface area contributed by atoms with Crippen molar-refractivity contribution in [2.24, 2.45) is 0 Å². The number of rotatable bonds is 4. The maximum atomic E-state index is 14.8. The Labute approximate surface area is 163 Å². The number of para-hydroxylation sites is 2. The number of benzene rings is 4. The van der Waals surface area contributed by atoms with Crippen LogP contribution in [0.3, 0.4) is 0 Å². The topological polar surface area (TPSA) is 3.24 Å². The molecule has 0 fully saturated rings. The highest BCUT2D eigenvalue weighted by Gasteiger charge is 2.18. The summed E-state index contributed by atoms with van der Waals surface area (Å²) >= 11 is 0. The van der Waals surface area contributed by atoms with E-state index < -0.39 is 11.6 Å². The Bertz CT molecular complexity index is 1090. The third-order valence-electron chi connectivity index (χ3n) is 4.84. The van der Waals surface area contributed by atoms with E-state index in [1.165, 1.54) is 12.1 Å². The fraction of sp³-hybridized carbons (Fsp3) is 0.0400. The summed E-state index contributed by atoms with van der Waals surface area (Å²) in [5.41, 5.74) is 4.47. The van der Waals surface area contributed by atoms with Crippen LogP contribution < -0.4 is 4.90 Å². The Morgan fingerprint density at radius 2 is 1.11 bits per heavy atom. The number of hydrogen-bond acceptors (Lipinski definition) is 1. The molecule has 0 atom stereocenters. The highest BCUT2D eigenvalue weighted by Crippen LogP contribution is 2.37. The summed E-state index contributed by atoms with van der Waals surface area (Å²) in [7, 11) is 1.68. The zero-order valence-electron chi connectivity index (χ0n) is 15.4. The minimum atomic E-state index is -0.393. The van der Waals surface area contributed by atoms with Gasteiger partial charge in [-0.05, 0) is 34.9 Å². The standard InChI is InChI=1S/C25H19F2N/c1-28(24-13-6-5-11-22(24)26)25-21(10-7-12-23(25)27)20-16-14-19(15-17-20)18-8-3-2-4-9-18/h2-17H,1H3. The monoisotopic (exact) mass is 371 g/mol. The second-order valence-electron chi connectivity index (χ2n) is 6.59. The van der Waals surface area contributed by atoms with E-state index in [9.17, 15) is 8.78 Å². The first-order valence-electron chi connectivity index (χ1n) is 9.08. The first-order valence-corrected chi connectivity index (χ1v) is 9.08. The molecule has 0 spiro atoms. The minimum Gasteiger partial charge on any atom is -0.339 e. The molecule has 0 aliphatic carbocycles. The highest BCUT2D eigenvalue weighted by molar-refractivity contribution is 5.83. The summed E-state index contributed by atoms with van der Waals surface area (Å²) < 4.78 is 29.1. The molecule has 0 bridgehead atoms. The molecule has 0 heterocycles. The van der Waals surface area contributed by atoms with Crippen molar-refractivity contribution in [1.82, 2.24) is 0 Å². The molecule has 4 rings (SSSR count). The lowest BCUT2D eigenvalue weighted by molar-refractivity contribution is 0.618. The molecule has 0 radical (unpaired) electrons. The van der Waals surface area contributed by atoms with Gasteiger partial charge in [-0.1, -0.05) is 78.9 Å². The molecular formula is C25H19F2N. The second-order valence-corrected chi connectivity index (χ2v) is 6.59. The average molecular weight is 371 g/mol. The summed E-state index contributed by atoms with van der Waals surface area (Å²) in [6, 6.07) is 29.4. The highest BCUT2D eigenvalue weighted by atomic mass is 19.1. The maximum absolute atomic E-state index is 14.8. The van der Waals surface area contributed by atoms with Crippen LogP contribution in [0.2, 0.25) is 0 Å². The summed E-state index contributed by atoms with van der Waals surface area (Å²) in [4.78, 5) is 1.56. The van der Waals surface area contributed by atoms with Gasteiger partial charge >= 0.3 is 0 Å². The van der Waals surface area contributed by atoms with E-state index in [1.54, 1.807) is 36.2 Å². The Kier molecular flexibility index (Phi) is 4.90. The molecular weight excluding hydrogens is 352 g/mol. The van der Waals surface area contributed by atoms with E-state index in [4.69, 9.17) is 0 Å². The molecule has 4 aromatic carbocycles. The second kappa shape index (κ2) is 7.65. The molecule has 0 amide bonds. The van der Waals surface area contributed by atoms with Crippen molar-refractivity contribution in [3.63, 3.8) is 0 Å². The molecule has 0 aliphatic rings. The van der Waals surface area contributed by atoms with Crippen LogP contribution in [0.5, 0.6) is 0 Å². The Morgan fingerprint density at radius 1 is 0.536 bits per heavy atom. The number of nitrogens with zero attached hydrogens (tertiary/aromatic N) is 1. The molecule has 0 saturated heterocycles. The Balaban J connectivity index is 1.77. The van der Waals surface area contributed by atoms with Gasteiger partial charge in [0, 0.05) is 12.6 Å². The lowest BCUT2D eigenvalue weighted by Gasteiger charge is -2.24. The summed E-state index contributed by atoms with van der Waals surface area (Å²) in [5.74, 6) is -0.783. The lowest BCUT2D eigenvalue weighted by atomic mass is 9.98. The summed E-state index contributed by atoms with van der Waals surface area (Å²) in [5, 5.41) is 0. The van der Waals surface area contributed by atoms with Crippen molar-refractivity contribution in [3.8, 4) is 22.3 Å². The van der Waals surface area contributed by atoms with Crippen LogP contribution in [0.25, 0.3) is 22.3 Å². The van der Waals surface area contributed by atoms with Crippen molar-refractivity contribution in [1.29, 1.82) is 0 Å². The average Bonchev–Trinajstić information content (AvgIpc) is 2.74. The third kappa shape index (κ3) is 3.39. The van der Waals surface area contributed by atoms with Crippen LogP contribution in [-0.4, -0.2) is 7.05 Å². The van der Waals surface area contributed by atoms with E-state index in [2.05, 4.69) is 12.1 Å². The van der Waals surface area contributed by atoms with Gasteiger partial charge in [-0.2, -0.15) is 0 Å². The molecule has 28 heavy (non-hydrogen) atoms. The zero-order chi connectivity index (χ0) is 19.5. The molecule has 0 saturated carbocycles. The molecule has 138 valence electrons. The predicted octanol–water partition coefficient (Wildman–Crippen LogP) is 7.07. The summed E-state index contributed by atoms with van der Waals surface area (Å²) in [6.07, 6.45) is 0. The van der Waals surface area contributed by atoms with E-state index in [0.29, 0.717) is 16.9 Å². The molecule has 1 nitrogen and oxygen atoms in total. The molecule has 4 aromatic rings. The van der Waals surface area contributed by atoms with Crippen LogP contribution in [0, 0.1) is 11.6 Å². The summed E-state index contributed by atoms with van der Waals surface area (Å²) in [6.45, 7) is 0. The fourth-order valence-corrected chi connectivity index (χ4v) is 3.41. The Morgan fingerprint density at radius 3 is 1.82 bits per heavy atom. The van der Waals surface area contributed by atoms with Gasteiger partial charge in [0.2, 0.25) is 0 Å².